The van der Waals surface area contributed by atoms with Crippen LogP contribution in [0.15, 0.2) is 53.9 Å². The zero-order valence-corrected chi connectivity index (χ0v) is 17.8. The summed E-state index contributed by atoms with van der Waals surface area (Å²) in [5, 5.41) is 15.5. The predicted molar refractivity (Wildman–Crippen MR) is 124 cm³/mol. The first-order chi connectivity index (χ1) is 12.8. The van der Waals surface area contributed by atoms with Crippen molar-refractivity contribution in [2.45, 2.75) is 32.4 Å². The Labute approximate surface area is 167 Å². The molecular weight excluding hydrogens is 356 g/mol. The smallest absolute Gasteiger partial charge is 0.0320 e. The molecule has 142 valence electrons. The first-order valence-electron chi connectivity index (χ1n) is 8.84. The maximum Gasteiger partial charge on any atom is 0.0320 e. The molecule has 0 unspecified atom stereocenters. The van der Waals surface area contributed by atoms with Crippen LogP contribution in [0, 0.1) is 5.41 Å². The van der Waals surface area contributed by atoms with Crippen LogP contribution in [-0.2, 0) is 5.75 Å². The Morgan fingerprint density at radius 2 is 1.88 bits per heavy atom. The van der Waals surface area contributed by atoms with E-state index in [2.05, 4.69) is 84.4 Å². The molecule has 0 atom stereocenters. The third-order valence-corrected chi connectivity index (χ3v) is 5.22. The molecule has 0 aliphatic carbocycles. The third kappa shape index (κ3) is 11.9. The molecule has 0 saturated heterocycles. The molecule has 0 fully saturated rings. The van der Waals surface area contributed by atoms with Crippen molar-refractivity contribution in [3.05, 3.63) is 69.2 Å². The van der Waals surface area contributed by atoms with Crippen LogP contribution in [0.4, 0.5) is 0 Å². The molecule has 4 heteroatoms. The number of thioether (sulfide) groups is 1. The van der Waals surface area contributed by atoms with E-state index in [-0.39, 0.29) is 0 Å². The number of rotatable bonds is 7. The zero-order valence-electron chi connectivity index (χ0n) is 16.2. The van der Waals surface area contributed by atoms with Gasteiger partial charge in [0.15, 0.2) is 0 Å². The van der Waals surface area contributed by atoms with E-state index in [1.807, 2.05) is 37.1 Å². The third-order valence-electron chi connectivity index (χ3n) is 3.26. The standard InChI is InChI=1S/C16H16S2.C5H13N.CH3N/c1-2-3-7-14-8-4-5-9-15(14)12-17-13-16-10-6-11-18-16;1-3-4-5-6-2;1-2/h2-12H,13H2,1H3;6H,3-5H2,1-2H3;2H,1H2/b3-2-,14-7-,15-12+;;. The molecule has 1 heterocycles. The number of allylic oxidation sites excluding steroid dienone is 2. The van der Waals surface area contributed by atoms with Crippen LogP contribution in [-0.4, -0.2) is 20.3 Å². The van der Waals surface area contributed by atoms with Gasteiger partial charge in [-0.1, -0.05) is 61.9 Å². The quantitative estimate of drug-likeness (QED) is 0.514. The Morgan fingerprint density at radius 3 is 2.42 bits per heavy atom. The Morgan fingerprint density at radius 1 is 1.15 bits per heavy atom. The second-order valence-electron chi connectivity index (χ2n) is 5.29. The second-order valence-corrected chi connectivity index (χ2v) is 7.18. The molecule has 0 bridgehead atoms. The van der Waals surface area contributed by atoms with Gasteiger partial charge in [-0.3, -0.25) is 0 Å². The van der Waals surface area contributed by atoms with Crippen molar-refractivity contribution in [2.24, 2.45) is 0 Å². The van der Waals surface area contributed by atoms with E-state index in [1.165, 1.54) is 28.2 Å². The van der Waals surface area contributed by atoms with E-state index in [9.17, 15) is 0 Å². The monoisotopic (exact) mass is 388 g/mol. The topological polar surface area (TPSA) is 35.9 Å². The normalized spacial score (nSPS) is 11.7. The Hall–Kier alpha value is -1.62. The first kappa shape index (κ1) is 24.4. The molecular formula is C22H32N2S2. The van der Waals surface area contributed by atoms with Crippen molar-refractivity contribution >= 4 is 41.3 Å². The highest BCUT2D eigenvalue weighted by Gasteiger charge is 1.91. The number of benzene rings is 1. The Kier molecular flexibility index (Phi) is 17.0. The number of thiophene rings is 1. The van der Waals surface area contributed by atoms with Gasteiger partial charge in [0.05, 0.1) is 0 Å². The maximum absolute atomic E-state index is 5.50. The summed E-state index contributed by atoms with van der Waals surface area (Å²) in [6.07, 6.45) is 8.88. The highest BCUT2D eigenvalue weighted by Crippen LogP contribution is 2.17. The summed E-state index contributed by atoms with van der Waals surface area (Å²) in [6.45, 7) is 7.89. The van der Waals surface area contributed by atoms with Gasteiger partial charge in [0.25, 0.3) is 0 Å². The van der Waals surface area contributed by atoms with Gasteiger partial charge < -0.3 is 10.7 Å². The summed E-state index contributed by atoms with van der Waals surface area (Å²) in [7, 11) is 1.98. The van der Waals surface area contributed by atoms with E-state index >= 15 is 0 Å². The number of nitrogens with one attached hydrogen (secondary N) is 2. The lowest BCUT2D eigenvalue weighted by atomic mass is 10.2. The highest BCUT2D eigenvalue weighted by molar-refractivity contribution is 8.05. The van der Waals surface area contributed by atoms with E-state index in [1.54, 1.807) is 0 Å². The van der Waals surface area contributed by atoms with Crippen molar-refractivity contribution in [3.8, 4) is 0 Å². The fraction of sp³-hybridized carbons (Fsp3) is 0.318. The number of hydrogen-bond donors (Lipinski definition) is 2. The van der Waals surface area contributed by atoms with E-state index in [4.69, 9.17) is 5.41 Å². The molecule has 0 aliphatic rings. The van der Waals surface area contributed by atoms with E-state index in [0.717, 1.165) is 12.3 Å². The van der Waals surface area contributed by atoms with Crippen LogP contribution in [0.1, 0.15) is 31.6 Å². The SMILES string of the molecule is C=N.CCCCNC.C\C=C/C=c1/cccc/c1=C\SCc1cccs1. The summed E-state index contributed by atoms with van der Waals surface area (Å²) >= 11 is 3.67. The minimum absolute atomic E-state index is 1.05. The van der Waals surface area contributed by atoms with Crippen LogP contribution in [0.25, 0.3) is 11.5 Å². The molecule has 2 aromatic rings. The predicted octanol–water partition coefficient (Wildman–Crippen LogP) is 5.05. The van der Waals surface area contributed by atoms with Gasteiger partial charge >= 0.3 is 0 Å². The van der Waals surface area contributed by atoms with Crippen LogP contribution >= 0.6 is 23.1 Å². The summed E-state index contributed by atoms with van der Waals surface area (Å²) in [4.78, 5) is 1.42. The lowest BCUT2D eigenvalue weighted by Crippen LogP contribution is -2.22. The molecule has 0 spiro atoms. The number of unbranched alkanes of at least 4 members (excludes halogenated alkanes) is 1. The summed E-state index contributed by atoms with van der Waals surface area (Å²) < 4.78 is 0. The lowest BCUT2D eigenvalue weighted by molar-refractivity contribution is 0.711. The average molecular weight is 389 g/mol. The van der Waals surface area contributed by atoms with Gasteiger partial charge in [0, 0.05) is 10.6 Å². The summed E-state index contributed by atoms with van der Waals surface area (Å²) in [6, 6.07) is 12.8. The Balaban J connectivity index is 0.000000667. The lowest BCUT2D eigenvalue weighted by Gasteiger charge is -1.93. The van der Waals surface area contributed by atoms with Gasteiger partial charge in [0.1, 0.15) is 0 Å². The minimum atomic E-state index is 1.05. The molecule has 26 heavy (non-hydrogen) atoms. The summed E-state index contributed by atoms with van der Waals surface area (Å²) in [5.74, 6) is 1.05. The van der Waals surface area contributed by atoms with Gasteiger partial charge in [-0.15, -0.1) is 23.1 Å². The van der Waals surface area contributed by atoms with Crippen molar-refractivity contribution in [1.82, 2.24) is 5.32 Å². The largest absolute Gasteiger partial charge is 0.320 e. The number of hydrogen-bond acceptors (Lipinski definition) is 4. The fourth-order valence-electron chi connectivity index (χ4n) is 1.93. The van der Waals surface area contributed by atoms with E-state index in [0.29, 0.717) is 0 Å². The molecule has 2 rings (SSSR count). The summed E-state index contributed by atoms with van der Waals surface area (Å²) in [5.41, 5.74) is 0. The van der Waals surface area contributed by atoms with Crippen LogP contribution in [0.3, 0.4) is 0 Å². The molecule has 2 N–H and O–H groups in total. The van der Waals surface area contributed by atoms with Gasteiger partial charge in [-0.2, -0.15) is 0 Å². The van der Waals surface area contributed by atoms with Gasteiger partial charge in [0.2, 0.25) is 0 Å². The van der Waals surface area contributed by atoms with Crippen LogP contribution < -0.4 is 15.8 Å². The fourth-order valence-corrected chi connectivity index (χ4v) is 3.64. The first-order valence-corrected chi connectivity index (χ1v) is 10.8. The van der Waals surface area contributed by atoms with Crippen LogP contribution in [0.5, 0.6) is 0 Å². The molecule has 0 radical (unpaired) electrons. The van der Waals surface area contributed by atoms with Crippen molar-refractivity contribution in [3.63, 3.8) is 0 Å². The molecule has 2 nitrogen and oxygen atoms in total. The second kappa shape index (κ2) is 18.2. The van der Waals surface area contributed by atoms with Gasteiger partial charge in [-0.05, 0) is 60.9 Å². The van der Waals surface area contributed by atoms with Crippen molar-refractivity contribution in [2.75, 3.05) is 13.6 Å². The van der Waals surface area contributed by atoms with E-state index < -0.39 is 0 Å². The zero-order chi connectivity index (χ0) is 19.5. The maximum atomic E-state index is 5.50. The van der Waals surface area contributed by atoms with Crippen LogP contribution in [0.2, 0.25) is 0 Å². The molecule has 1 aromatic carbocycles. The molecule has 0 saturated carbocycles. The average Bonchev–Trinajstić information content (AvgIpc) is 3.21. The van der Waals surface area contributed by atoms with Gasteiger partial charge in [-0.25, -0.2) is 0 Å². The minimum Gasteiger partial charge on any atom is -0.320 e. The Bertz CT molecular complexity index is 687. The molecule has 1 aromatic heterocycles. The molecule has 0 aliphatic heterocycles. The van der Waals surface area contributed by atoms with Crippen molar-refractivity contribution in [1.29, 1.82) is 5.41 Å². The highest BCUT2D eigenvalue weighted by atomic mass is 32.2. The molecule has 0 amide bonds. The van der Waals surface area contributed by atoms with Crippen molar-refractivity contribution < 1.29 is 0 Å².